The van der Waals surface area contributed by atoms with Crippen molar-refractivity contribution in [1.82, 2.24) is 9.97 Å². The highest BCUT2D eigenvalue weighted by Gasteiger charge is 2.18. The van der Waals surface area contributed by atoms with Crippen molar-refractivity contribution in [2.45, 2.75) is 19.4 Å². The molecule has 0 bridgehead atoms. The van der Waals surface area contributed by atoms with Gasteiger partial charge >= 0.3 is 0 Å². The SMILES string of the molecule is CCC(OC)c1nc(Cl)c2c(-c3ccccc3)csc2n1. The van der Waals surface area contributed by atoms with Crippen LogP contribution in [0.15, 0.2) is 35.7 Å². The largest absolute Gasteiger partial charge is 0.373 e. The Hall–Kier alpha value is -1.49. The maximum atomic E-state index is 6.42. The minimum Gasteiger partial charge on any atom is -0.373 e. The van der Waals surface area contributed by atoms with Gasteiger partial charge in [-0.2, -0.15) is 0 Å². The highest BCUT2D eigenvalue weighted by atomic mass is 35.5. The van der Waals surface area contributed by atoms with E-state index in [0.29, 0.717) is 11.0 Å². The summed E-state index contributed by atoms with van der Waals surface area (Å²) in [5.41, 5.74) is 2.21. The van der Waals surface area contributed by atoms with Gasteiger partial charge in [0.15, 0.2) is 5.82 Å². The molecule has 0 fully saturated rings. The van der Waals surface area contributed by atoms with Crippen molar-refractivity contribution in [3.63, 3.8) is 0 Å². The molecular weight excluding hydrogens is 304 g/mol. The van der Waals surface area contributed by atoms with Crippen molar-refractivity contribution in [3.8, 4) is 11.1 Å². The van der Waals surface area contributed by atoms with E-state index in [9.17, 15) is 0 Å². The lowest BCUT2D eigenvalue weighted by molar-refractivity contribution is 0.0929. The maximum Gasteiger partial charge on any atom is 0.160 e. The first kappa shape index (κ1) is 14.4. The van der Waals surface area contributed by atoms with Crippen molar-refractivity contribution in [3.05, 3.63) is 46.7 Å². The molecule has 1 atom stereocenters. The van der Waals surface area contributed by atoms with Crippen LogP contribution in [0.3, 0.4) is 0 Å². The molecule has 3 nitrogen and oxygen atoms in total. The van der Waals surface area contributed by atoms with E-state index in [1.54, 1.807) is 18.4 Å². The average molecular weight is 319 g/mol. The van der Waals surface area contributed by atoms with E-state index in [1.165, 1.54) is 0 Å². The topological polar surface area (TPSA) is 35.0 Å². The fraction of sp³-hybridized carbons (Fsp3) is 0.250. The summed E-state index contributed by atoms with van der Waals surface area (Å²) in [7, 11) is 1.67. The molecule has 1 aromatic carbocycles. The predicted octanol–water partition coefficient (Wildman–Crippen LogP) is 5.11. The number of rotatable bonds is 4. The summed E-state index contributed by atoms with van der Waals surface area (Å²) in [4.78, 5) is 9.96. The lowest BCUT2D eigenvalue weighted by Gasteiger charge is -2.11. The van der Waals surface area contributed by atoms with Crippen LogP contribution in [-0.4, -0.2) is 17.1 Å². The molecule has 2 aromatic heterocycles. The van der Waals surface area contributed by atoms with Gasteiger partial charge in [-0.05, 0) is 12.0 Å². The number of nitrogens with zero attached hydrogens (tertiary/aromatic N) is 2. The van der Waals surface area contributed by atoms with E-state index >= 15 is 0 Å². The minimum absolute atomic E-state index is 0.117. The lowest BCUT2D eigenvalue weighted by Crippen LogP contribution is -2.05. The first-order valence-corrected chi connectivity index (χ1v) is 8.03. The van der Waals surface area contributed by atoms with Gasteiger partial charge in [0.25, 0.3) is 0 Å². The molecule has 1 unspecified atom stereocenters. The van der Waals surface area contributed by atoms with Crippen molar-refractivity contribution in [1.29, 1.82) is 0 Å². The van der Waals surface area contributed by atoms with Gasteiger partial charge in [0.1, 0.15) is 16.1 Å². The van der Waals surface area contributed by atoms with E-state index in [0.717, 1.165) is 27.8 Å². The van der Waals surface area contributed by atoms with Crippen molar-refractivity contribution in [2.24, 2.45) is 0 Å². The Bertz CT molecular complexity index is 754. The van der Waals surface area contributed by atoms with Crippen molar-refractivity contribution >= 4 is 33.2 Å². The van der Waals surface area contributed by atoms with Gasteiger partial charge in [-0.15, -0.1) is 11.3 Å². The molecule has 0 aliphatic rings. The number of aromatic nitrogens is 2. The zero-order chi connectivity index (χ0) is 14.8. The van der Waals surface area contributed by atoms with Crippen LogP contribution in [0.1, 0.15) is 25.3 Å². The Labute approximate surface area is 132 Å². The van der Waals surface area contributed by atoms with Crippen LogP contribution >= 0.6 is 22.9 Å². The molecule has 0 spiro atoms. The molecule has 0 N–H and O–H groups in total. The third kappa shape index (κ3) is 2.67. The fourth-order valence-corrected chi connectivity index (χ4v) is 3.63. The molecule has 2 heterocycles. The highest BCUT2D eigenvalue weighted by molar-refractivity contribution is 7.17. The lowest BCUT2D eigenvalue weighted by atomic mass is 10.1. The van der Waals surface area contributed by atoms with Gasteiger partial charge in [0.2, 0.25) is 0 Å². The first-order chi connectivity index (χ1) is 10.2. The zero-order valence-corrected chi connectivity index (χ0v) is 13.4. The summed E-state index contributed by atoms with van der Waals surface area (Å²) in [6.07, 6.45) is 0.698. The third-order valence-electron chi connectivity index (χ3n) is 3.43. The number of fused-ring (bicyclic) bond motifs is 1. The Morgan fingerprint density at radius 2 is 2.00 bits per heavy atom. The fourth-order valence-electron chi connectivity index (χ4n) is 2.34. The van der Waals surface area contributed by atoms with Crippen LogP contribution < -0.4 is 0 Å². The Kier molecular flexibility index (Phi) is 4.19. The van der Waals surface area contributed by atoms with Crippen LogP contribution in [0, 0.1) is 0 Å². The Morgan fingerprint density at radius 3 is 2.67 bits per heavy atom. The second kappa shape index (κ2) is 6.10. The minimum atomic E-state index is -0.117. The quantitative estimate of drug-likeness (QED) is 0.627. The molecule has 0 aliphatic heterocycles. The Balaban J connectivity index is 2.16. The highest BCUT2D eigenvalue weighted by Crippen LogP contribution is 2.37. The first-order valence-electron chi connectivity index (χ1n) is 6.77. The van der Waals surface area contributed by atoms with E-state index in [4.69, 9.17) is 16.3 Å². The maximum absolute atomic E-state index is 6.42. The second-order valence-corrected chi connectivity index (χ2v) is 5.92. The Morgan fingerprint density at radius 1 is 1.24 bits per heavy atom. The summed E-state index contributed by atoms with van der Waals surface area (Å²) in [5, 5.41) is 3.49. The summed E-state index contributed by atoms with van der Waals surface area (Å²) < 4.78 is 5.40. The number of hydrogen-bond donors (Lipinski definition) is 0. The normalized spacial score (nSPS) is 12.7. The van der Waals surface area contributed by atoms with E-state index in [-0.39, 0.29) is 6.10 Å². The molecule has 5 heteroatoms. The van der Waals surface area contributed by atoms with Crippen molar-refractivity contribution < 1.29 is 4.74 Å². The van der Waals surface area contributed by atoms with Gasteiger partial charge in [-0.25, -0.2) is 9.97 Å². The van der Waals surface area contributed by atoms with Crippen LogP contribution in [0.5, 0.6) is 0 Å². The van der Waals surface area contributed by atoms with Crippen molar-refractivity contribution in [2.75, 3.05) is 7.11 Å². The van der Waals surface area contributed by atoms with Crippen LogP contribution in [0.25, 0.3) is 21.3 Å². The van der Waals surface area contributed by atoms with E-state index < -0.39 is 0 Å². The van der Waals surface area contributed by atoms with Gasteiger partial charge in [0.05, 0.1) is 5.39 Å². The molecule has 3 rings (SSSR count). The monoisotopic (exact) mass is 318 g/mol. The number of thiophene rings is 1. The molecule has 0 saturated carbocycles. The van der Waals surface area contributed by atoms with E-state index in [2.05, 4.69) is 27.5 Å². The van der Waals surface area contributed by atoms with Gasteiger partial charge in [-0.3, -0.25) is 0 Å². The third-order valence-corrected chi connectivity index (χ3v) is 4.58. The second-order valence-electron chi connectivity index (χ2n) is 4.70. The molecule has 108 valence electrons. The van der Waals surface area contributed by atoms with Gasteiger partial charge < -0.3 is 4.74 Å². The summed E-state index contributed by atoms with van der Waals surface area (Å²) in [6.45, 7) is 2.04. The van der Waals surface area contributed by atoms with Crippen LogP contribution in [0.4, 0.5) is 0 Å². The smallest absolute Gasteiger partial charge is 0.160 e. The summed E-state index contributed by atoms with van der Waals surface area (Å²) in [6, 6.07) is 10.2. The number of ether oxygens (including phenoxy) is 1. The molecule has 21 heavy (non-hydrogen) atoms. The molecule has 0 amide bonds. The molecular formula is C16H15ClN2OS. The number of methoxy groups -OCH3 is 1. The van der Waals surface area contributed by atoms with Gasteiger partial charge in [-0.1, -0.05) is 48.9 Å². The summed E-state index contributed by atoms with van der Waals surface area (Å²) >= 11 is 8.00. The standard InChI is InChI=1S/C16H15ClN2OS/c1-3-12(20-2)15-18-14(17)13-11(9-21-16(13)19-15)10-7-5-4-6-8-10/h4-9,12H,3H2,1-2H3. The molecule has 0 aliphatic carbocycles. The zero-order valence-electron chi connectivity index (χ0n) is 11.8. The number of benzene rings is 1. The summed E-state index contributed by atoms with van der Waals surface area (Å²) in [5.74, 6) is 0.652. The average Bonchev–Trinajstić information content (AvgIpc) is 2.94. The molecule has 0 saturated heterocycles. The number of halogens is 1. The predicted molar refractivity (Wildman–Crippen MR) is 87.9 cm³/mol. The van der Waals surface area contributed by atoms with Gasteiger partial charge in [0, 0.05) is 18.1 Å². The molecule has 3 aromatic rings. The van der Waals surface area contributed by atoms with Crippen LogP contribution in [0.2, 0.25) is 5.15 Å². The molecule has 0 radical (unpaired) electrons. The van der Waals surface area contributed by atoms with Crippen LogP contribution in [-0.2, 0) is 4.74 Å². The number of hydrogen-bond acceptors (Lipinski definition) is 4. The van der Waals surface area contributed by atoms with E-state index in [1.807, 2.05) is 25.1 Å².